The predicted octanol–water partition coefficient (Wildman–Crippen LogP) is 2.21. The second-order valence-electron chi connectivity index (χ2n) is 4.64. The van der Waals surface area contributed by atoms with Crippen molar-refractivity contribution < 1.29 is 9.90 Å². The van der Waals surface area contributed by atoms with Gasteiger partial charge in [0.05, 0.1) is 24.3 Å². The molecule has 0 unspecified atom stereocenters. The molecule has 1 aromatic carbocycles. The molecule has 0 bridgehead atoms. The molecule has 0 atom stereocenters. The average Bonchev–Trinajstić information content (AvgIpc) is 2.85. The van der Waals surface area contributed by atoms with E-state index in [2.05, 4.69) is 17.2 Å². The SMILES string of the molecule is CCc1cccc(NC(=O)CSc2ncc(CO)n2C)c1. The predicted molar refractivity (Wildman–Crippen MR) is 84.3 cm³/mol. The molecule has 0 fully saturated rings. The largest absolute Gasteiger partial charge is 0.390 e. The highest BCUT2D eigenvalue weighted by Gasteiger charge is 2.09. The molecule has 2 aromatic rings. The van der Waals surface area contributed by atoms with E-state index in [0.29, 0.717) is 0 Å². The number of aliphatic hydroxyl groups excluding tert-OH is 1. The van der Waals surface area contributed by atoms with Crippen LogP contribution in [0.5, 0.6) is 0 Å². The van der Waals surface area contributed by atoms with Crippen LogP contribution in [0.4, 0.5) is 5.69 Å². The third-order valence-corrected chi connectivity index (χ3v) is 4.20. The number of nitrogens with zero attached hydrogens (tertiary/aromatic N) is 2. The van der Waals surface area contributed by atoms with Crippen LogP contribution in [0, 0.1) is 0 Å². The van der Waals surface area contributed by atoms with E-state index in [0.717, 1.165) is 23.0 Å². The Kier molecular flexibility index (Phi) is 5.41. The molecular weight excluding hydrogens is 286 g/mol. The Morgan fingerprint density at radius 3 is 2.95 bits per heavy atom. The summed E-state index contributed by atoms with van der Waals surface area (Å²) in [5.41, 5.74) is 2.74. The van der Waals surface area contributed by atoms with Crippen LogP contribution in [0.3, 0.4) is 0 Å². The molecule has 0 saturated heterocycles. The van der Waals surface area contributed by atoms with Crippen LogP contribution < -0.4 is 5.32 Å². The number of hydrogen-bond acceptors (Lipinski definition) is 4. The van der Waals surface area contributed by atoms with E-state index < -0.39 is 0 Å². The molecule has 0 spiro atoms. The molecule has 1 amide bonds. The monoisotopic (exact) mass is 305 g/mol. The summed E-state index contributed by atoms with van der Waals surface area (Å²) in [7, 11) is 1.82. The molecule has 1 heterocycles. The van der Waals surface area contributed by atoms with E-state index in [4.69, 9.17) is 5.11 Å². The summed E-state index contributed by atoms with van der Waals surface area (Å²) >= 11 is 1.35. The van der Waals surface area contributed by atoms with Gasteiger partial charge in [0.25, 0.3) is 0 Å². The number of benzene rings is 1. The quantitative estimate of drug-likeness (QED) is 0.803. The van der Waals surface area contributed by atoms with Gasteiger partial charge in [0.1, 0.15) is 0 Å². The number of aromatic nitrogens is 2. The Labute approximate surface area is 128 Å². The van der Waals surface area contributed by atoms with Crippen LogP contribution in [0.1, 0.15) is 18.2 Å². The molecule has 2 rings (SSSR count). The number of hydrogen-bond donors (Lipinski definition) is 2. The fourth-order valence-electron chi connectivity index (χ4n) is 1.90. The molecule has 21 heavy (non-hydrogen) atoms. The van der Waals surface area contributed by atoms with Gasteiger partial charge in [0.15, 0.2) is 5.16 Å². The zero-order chi connectivity index (χ0) is 15.2. The number of imidazole rings is 1. The van der Waals surface area contributed by atoms with E-state index in [-0.39, 0.29) is 18.3 Å². The van der Waals surface area contributed by atoms with Gasteiger partial charge < -0.3 is 15.0 Å². The van der Waals surface area contributed by atoms with Gasteiger partial charge in [-0.15, -0.1) is 0 Å². The summed E-state index contributed by atoms with van der Waals surface area (Å²) in [4.78, 5) is 16.1. The molecule has 0 saturated carbocycles. The first-order valence-corrected chi connectivity index (χ1v) is 7.75. The van der Waals surface area contributed by atoms with Crippen LogP contribution in [0.25, 0.3) is 0 Å². The first-order chi connectivity index (χ1) is 10.1. The van der Waals surface area contributed by atoms with Crippen molar-refractivity contribution in [3.8, 4) is 0 Å². The number of aryl methyl sites for hydroxylation is 1. The van der Waals surface area contributed by atoms with Gasteiger partial charge in [-0.25, -0.2) is 4.98 Å². The fourth-order valence-corrected chi connectivity index (χ4v) is 2.67. The minimum absolute atomic E-state index is 0.0555. The molecule has 0 aliphatic rings. The fraction of sp³-hybridized carbons (Fsp3) is 0.333. The maximum atomic E-state index is 12.0. The summed E-state index contributed by atoms with van der Waals surface area (Å²) in [5, 5.41) is 12.7. The lowest BCUT2D eigenvalue weighted by Crippen LogP contribution is -2.14. The summed E-state index contributed by atoms with van der Waals surface area (Å²) < 4.78 is 1.79. The van der Waals surface area contributed by atoms with Crippen molar-refractivity contribution in [3.05, 3.63) is 41.7 Å². The normalized spacial score (nSPS) is 10.6. The number of carbonyl (C=O) groups is 1. The maximum absolute atomic E-state index is 12.0. The van der Waals surface area contributed by atoms with E-state index in [1.54, 1.807) is 10.8 Å². The number of nitrogens with one attached hydrogen (secondary N) is 1. The van der Waals surface area contributed by atoms with E-state index in [9.17, 15) is 4.79 Å². The maximum Gasteiger partial charge on any atom is 0.234 e. The highest BCUT2D eigenvalue weighted by molar-refractivity contribution is 7.99. The minimum atomic E-state index is -0.0678. The highest BCUT2D eigenvalue weighted by atomic mass is 32.2. The highest BCUT2D eigenvalue weighted by Crippen LogP contribution is 2.18. The number of thioether (sulfide) groups is 1. The van der Waals surface area contributed by atoms with Gasteiger partial charge in [-0.2, -0.15) is 0 Å². The standard InChI is InChI=1S/C15H19N3O2S/c1-3-11-5-4-6-12(7-11)17-14(20)10-21-15-16-8-13(9-19)18(15)2/h4-8,19H,3,9-10H2,1-2H3,(H,17,20). The zero-order valence-corrected chi connectivity index (χ0v) is 13.0. The molecule has 1 aromatic heterocycles. The van der Waals surface area contributed by atoms with Crippen molar-refractivity contribution >= 4 is 23.4 Å². The average molecular weight is 305 g/mol. The van der Waals surface area contributed by atoms with Crippen LogP contribution in [-0.4, -0.2) is 26.3 Å². The number of anilines is 1. The lowest BCUT2D eigenvalue weighted by molar-refractivity contribution is -0.113. The number of carbonyl (C=O) groups excluding carboxylic acids is 1. The summed E-state index contributed by atoms with van der Waals surface area (Å²) in [6, 6.07) is 7.84. The molecule has 2 N–H and O–H groups in total. The molecule has 0 aliphatic carbocycles. The van der Waals surface area contributed by atoms with E-state index >= 15 is 0 Å². The smallest absolute Gasteiger partial charge is 0.234 e. The first-order valence-electron chi connectivity index (χ1n) is 6.77. The first kappa shape index (κ1) is 15.6. The van der Waals surface area contributed by atoms with Crippen molar-refractivity contribution in [3.63, 3.8) is 0 Å². The molecule has 0 aliphatic heterocycles. The number of aliphatic hydroxyl groups is 1. The third-order valence-electron chi connectivity index (χ3n) is 3.16. The molecule has 112 valence electrons. The topological polar surface area (TPSA) is 67.2 Å². The minimum Gasteiger partial charge on any atom is -0.390 e. The van der Waals surface area contributed by atoms with Crippen LogP contribution >= 0.6 is 11.8 Å². The number of amides is 1. The number of rotatable bonds is 6. The van der Waals surface area contributed by atoms with Crippen LogP contribution in [0.2, 0.25) is 0 Å². The Balaban J connectivity index is 1.91. The second kappa shape index (κ2) is 7.28. The summed E-state index contributed by atoms with van der Waals surface area (Å²) in [6.07, 6.45) is 2.56. The van der Waals surface area contributed by atoms with Gasteiger partial charge in [-0.3, -0.25) is 4.79 Å². The lowest BCUT2D eigenvalue weighted by atomic mass is 10.1. The summed E-state index contributed by atoms with van der Waals surface area (Å²) in [6.45, 7) is 2.02. The Morgan fingerprint density at radius 1 is 1.48 bits per heavy atom. The molecule has 5 nitrogen and oxygen atoms in total. The van der Waals surface area contributed by atoms with Gasteiger partial charge in [0.2, 0.25) is 5.91 Å². The van der Waals surface area contributed by atoms with Crippen LogP contribution in [-0.2, 0) is 24.9 Å². The van der Waals surface area contributed by atoms with Crippen molar-refractivity contribution in [1.82, 2.24) is 9.55 Å². The summed E-state index contributed by atoms with van der Waals surface area (Å²) in [5.74, 6) is 0.216. The lowest BCUT2D eigenvalue weighted by Gasteiger charge is -2.07. The molecular formula is C15H19N3O2S. The van der Waals surface area contributed by atoms with E-state index in [1.165, 1.54) is 17.3 Å². The van der Waals surface area contributed by atoms with Gasteiger partial charge in [-0.05, 0) is 24.1 Å². The van der Waals surface area contributed by atoms with Crippen molar-refractivity contribution in [2.75, 3.05) is 11.1 Å². The third kappa shape index (κ3) is 4.09. The van der Waals surface area contributed by atoms with Crippen molar-refractivity contribution in [1.29, 1.82) is 0 Å². The van der Waals surface area contributed by atoms with Gasteiger partial charge >= 0.3 is 0 Å². The van der Waals surface area contributed by atoms with Gasteiger partial charge in [0, 0.05) is 12.7 Å². The Hall–Kier alpha value is -1.79. The Morgan fingerprint density at radius 2 is 2.29 bits per heavy atom. The Bertz CT molecular complexity index is 625. The van der Waals surface area contributed by atoms with Gasteiger partial charge in [-0.1, -0.05) is 30.8 Å². The molecule has 0 radical (unpaired) electrons. The van der Waals surface area contributed by atoms with E-state index in [1.807, 2.05) is 31.3 Å². The molecule has 6 heteroatoms. The van der Waals surface area contributed by atoms with Crippen LogP contribution in [0.15, 0.2) is 35.6 Å². The second-order valence-corrected chi connectivity index (χ2v) is 5.58. The van der Waals surface area contributed by atoms with Crippen molar-refractivity contribution in [2.24, 2.45) is 7.05 Å². The van der Waals surface area contributed by atoms with Crippen molar-refractivity contribution in [2.45, 2.75) is 25.1 Å². The zero-order valence-electron chi connectivity index (χ0n) is 12.2.